The van der Waals surface area contributed by atoms with Gasteiger partial charge in [-0.25, -0.2) is 19.3 Å². The minimum atomic E-state index is -0.467. The van der Waals surface area contributed by atoms with Crippen LogP contribution in [0.1, 0.15) is 10.5 Å². The van der Waals surface area contributed by atoms with Crippen molar-refractivity contribution in [3.63, 3.8) is 0 Å². The summed E-state index contributed by atoms with van der Waals surface area (Å²) in [5, 5.41) is 5.27. The lowest BCUT2D eigenvalue weighted by molar-refractivity contribution is 0.102. The first-order chi connectivity index (χ1) is 8.69. The summed E-state index contributed by atoms with van der Waals surface area (Å²) in [6.45, 7) is 0. The van der Waals surface area contributed by atoms with Crippen molar-refractivity contribution in [2.45, 2.75) is 0 Å². The molecule has 6 nitrogen and oxygen atoms in total. The second-order valence-electron chi connectivity index (χ2n) is 3.35. The van der Waals surface area contributed by atoms with Crippen LogP contribution in [0.4, 0.5) is 16.0 Å². The van der Waals surface area contributed by atoms with Crippen LogP contribution in [0.2, 0.25) is 0 Å². The number of amides is 1. The molecule has 0 spiro atoms. The van der Waals surface area contributed by atoms with Crippen molar-refractivity contribution >= 4 is 17.5 Å². The van der Waals surface area contributed by atoms with Crippen LogP contribution < -0.4 is 10.6 Å². The van der Waals surface area contributed by atoms with E-state index in [1.807, 2.05) is 0 Å². The van der Waals surface area contributed by atoms with Crippen molar-refractivity contribution in [1.82, 2.24) is 15.0 Å². The standard InChI is InChI=1S/C11H10FN5O/c1-13-10-6-14-8(5-16-10)11(18)17-9-3-2-7(12)4-15-9/h2-6H,1H3,(H,13,16)(H,15,17,18). The van der Waals surface area contributed by atoms with Gasteiger partial charge in [-0.15, -0.1) is 0 Å². The van der Waals surface area contributed by atoms with E-state index in [0.717, 1.165) is 6.20 Å². The Labute approximate surface area is 102 Å². The number of nitrogens with one attached hydrogen (secondary N) is 2. The molecular formula is C11H10FN5O. The van der Waals surface area contributed by atoms with Crippen LogP contribution in [0, 0.1) is 5.82 Å². The van der Waals surface area contributed by atoms with Gasteiger partial charge >= 0.3 is 0 Å². The zero-order chi connectivity index (χ0) is 13.0. The van der Waals surface area contributed by atoms with E-state index in [4.69, 9.17) is 0 Å². The predicted molar refractivity (Wildman–Crippen MR) is 63.7 cm³/mol. The molecule has 2 aromatic rings. The molecule has 0 saturated carbocycles. The minimum absolute atomic E-state index is 0.153. The molecule has 0 atom stereocenters. The summed E-state index contributed by atoms with van der Waals surface area (Å²) in [4.78, 5) is 23.3. The average Bonchev–Trinajstić information content (AvgIpc) is 2.41. The normalized spacial score (nSPS) is 9.89. The fourth-order valence-corrected chi connectivity index (χ4v) is 1.20. The van der Waals surface area contributed by atoms with Crippen molar-refractivity contribution in [3.8, 4) is 0 Å². The molecule has 2 heterocycles. The second-order valence-corrected chi connectivity index (χ2v) is 3.35. The predicted octanol–water partition coefficient (Wildman–Crippen LogP) is 1.30. The Balaban J connectivity index is 2.09. The summed E-state index contributed by atoms with van der Waals surface area (Å²) in [6.07, 6.45) is 3.79. The van der Waals surface area contributed by atoms with Gasteiger partial charge in [-0.2, -0.15) is 0 Å². The smallest absolute Gasteiger partial charge is 0.277 e. The average molecular weight is 247 g/mol. The summed E-state index contributed by atoms with van der Waals surface area (Å²) in [6, 6.07) is 2.57. The van der Waals surface area contributed by atoms with Gasteiger partial charge in [0, 0.05) is 7.05 Å². The van der Waals surface area contributed by atoms with Crippen LogP contribution in [0.15, 0.2) is 30.7 Å². The Hall–Kier alpha value is -2.57. The number of carbonyl (C=O) groups is 1. The molecule has 2 rings (SSSR count). The molecule has 0 fully saturated rings. The van der Waals surface area contributed by atoms with Gasteiger partial charge in [0.2, 0.25) is 0 Å². The molecule has 0 unspecified atom stereocenters. The van der Waals surface area contributed by atoms with E-state index in [1.54, 1.807) is 7.05 Å². The van der Waals surface area contributed by atoms with E-state index >= 15 is 0 Å². The van der Waals surface area contributed by atoms with Gasteiger partial charge in [-0.3, -0.25) is 4.79 Å². The number of anilines is 2. The first-order valence-electron chi connectivity index (χ1n) is 5.12. The molecule has 0 aliphatic heterocycles. The summed E-state index contributed by atoms with van der Waals surface area (Å²) < 4.78 is 12.6. The van der Waals surface area contributed by atoms with Crippen LogP contribution in [-0.2, 0) is 0 Å². The number of aromatic nitrogens is 3. The summed E-state index contributed by atoms with van der Waals surface area (Å²) in [7, 11) is 1.70. The van der Waals surface area contributed by atoms with Gasteiger partial charge in [-0.05, 0) is 12.1 Å². The van der Waals surface area contributed by atoms with E-state index < -0.39 is 11.7 Å². The molecule has 0 aliphatic rings. The van der Waals surface area contributed by atoms with E-state index in [1.165, 1.54) is 24.5 Å². The van der Waals surface area contributed by atoms with Crippen LogP contribution >= 0.6 is 0 Å². The largest absolute Gasteiger partial charge is 0.372 e. The molecule has 0 bridgehead atoms. The van der Waals surface area contributed by atoms with Gasteiger partial charge in [0.05, 0.1) is 18.6 Å². The molecule has 0 aromatic carbocycles. The van der Waals surface area contributed by atoms with Crippen molar-refractivity contribution in [3.05, 3.63) is 42.2 Å². The third kappa shape index (κ3) is 2.76. The number of nitrogens with zero attached hydrogens (tertiary/aromatic N) is 3. The summed E-state index contributed by atoms with van der Waals surface area (Å²) in [5.41, 5.74) is 0.153. The van der Waals surface area contributed by atoms with Crippen molar-refractivity contribution < 1.29 is 9.18 Å². The molecule has 0 aliphatic carbocycles. The first kappa shape index (κ1) is 11.9. The fraction of sp³-hybridized carbons (Fsp3) is 0.0909. The van der Waals surface area contributed by atoms with Crippen LogP contribution in [0.3, 0.4) is 0 Å². The maximum Gasteiger partial charge on any atom is 0.277 e. The van der Waals surface area contributed by atoms with Crippen LogP contribution in [-0.4, -0.2) is 27.9 Å². The van der Waals surface area contributed by atoms with E-state index in [9.17, 15) is 9.18 Å². The lowest BCUT2D eigenvalue weighted by Crippen LogP contribution is -2.15. The molecule has 2 N–H and O–H groups in total. The number of hydrogen-bond donors (Lipinski definition) is 2. The van der Waals surface area contributed by atoms with Gasteiger partial charge < -0.3 is 10.6 Å². The van der Waals surface area contributed by atoms with Crippen LogP contribution in [0.5, 0.6) is 0 Å². The summed E-state index contributed by atoms with van der Waals surface area (Å²) in [5.74, 6) is -0.109. The van der Waals surface area contributed by atoms with Crippen molar-refractivity contribution in [2.24, 2.45) is 0 Å². The highest BCUT2D eigenvalue weighted by Crippen LogP contribution is 2.06. The van der Waals surface area contributed by atoms with Gasteiger partial charge in [0.25, 0.3) is 5.91 Å². The van der Waals surface area contributed by atoms with Crippen molar-refractivity contribution in [2.75, 3.05) is 17.7 Å². The Morgan fingerprint density at radius 3 is 2.44 bits per heavy atom. The number of rotatable bonds is 3. The zero-order valence-electron chi connectivity index (χ0n) is 9.51. The molecular weight excluding hydrogens is 237 g/mol. The van der Waals surface area contributed by atoms with Crippen molar-refractivity contribution in [1.29, 1.82) is 0 Å². The summed E-state index contributed by atoms with van der Waals surface area (Å²) >= 11 is 0. The Kier molecular flexibility index (Phi) is 3.42. The SMILES string of the molecule is CNc1cnc(C(=O)Nc2ccc(F)cn2)cn1. The lowest BCUT2D eigenvalue weighted by atomic mass is 10.4. The quantitative estimate of drug-likeness (QED) is 0.854. The molecule has 0 saturated heterocycles. The van der Waals surface area contributed by atoms with Gasteiger partial charge in [0.1, 0.15) is 23.1 Å². The topological polar surface area (TPSA) is 79.8 Å². The monoisotopic (exact) mass is 247 g/mol. The molecule has 1 amide bonds. The van der Waals surface area contributed by atoms with E-state index in [0.29, 0.717) is 5.82 Å². The van der Waals surface area contributed by atoms with E-state index in [2.05, 4.69) is 25.6 Å². The Morgan fingerprint density at radius 2 is 1.89 bits per heavy atom. The molecule has 92 valence electrons. The molecule has 7 heteroatoms. The minimum Gasteiger partial charge on any atom is -0.372 e. The molecule has 0 radical (unpaired) electrons. The number of carbonyl (C=O) groups excluding carboxylic acids is 1. The van der Waals surface area contributed by atoms with Crippen LogP contribution in [0.25, 0.3) is 0 Å². The Morgan fingerprint density at radius 1 is 1.11 bits per heavy atom. The highest BCUT2D eigenvalue weighted by atomic mass is 19.1. The Bertz CT molecular complexity index is 540. The third-order valence-electron chi connectivity index (χ3n) is 2.11. The second kappa shape index (κ2) is 5.17. The first-order valence-corrected chi connectivity index (χ1v) is 5.12. The van der Waals surface area contributed by atoms with Gasteiger partial charge in [-0.1, -0.05) is 0 Å². The maximum atomic E-state index is 12.6. The highest BCUT2D eigenvalue weighted by Gasteiger charge is 2.08. The number of hydrogen-bond acceptors (Lipinski definition) is 5. The fourth-order valence-electron chi connectivity index (χ4n) is 1.20. The zero-order valence-corrected chi connectivity index (χ0v) is 9.51. The number of halogens is 1. The van der Waals surface area contributed by atoms with E-state index in [-0.39, 0.29) is 11.5 Å². The third-order valence-corrected chi connectivity index (χ3v) is 2.11. The number of pyridine rings is 1. The van der Waals surface area contributed by atoms with Gasteiger partial charge in [0.15, 0.2) is 0 Å². The highest BCUT2D eigenvalue weighted by molar-refractivity contribution is 6.02. The lowest BCUT2D eigenvalue weighted by Gasteiger charge is -2.04. The molecule has 2 aromatic heterocycles. The maximum absolute atomic E-state index is 12.6. The molecule has 18 heavy (non-hydrogen) atoms.